The van der Waals surface area contributed by atoms with E-state index in [9.17, 15) is 4.79 Å². The first kappa shape index (κ1) is 9.47. The molecule has 10 heavy (non-hydrogen) atoms. The smallest absolute Gasteiger partial charge is 0.209 e. The fraction of sp³-hybridized carbons (Fsp3) is 0.875. The van der Waals surface area contributed by atoms with Gasteiger partial charge in [0, 0.05) is 12.6 Å². The second kappa shape index (κ2) is 4.31. The van der Waals surface area contributed by atoms with Crippen LogP contribution in [-0.2, 0) is 4.79 Å². The van der Waals surface area contributed by atoms with E-state index in [1.165, 1.54) is 0 Å². The molecule has 1 unspecified atom stereocenters. The van der Waals surface area contributed by atoms with Crippen molar-refractivity contribution < 1.29 is 4.79 Å². The maximum Gasteiger partial charge on any atom is 0.209 e. The minimum absolute atomic E-state index is 0.363. The number of amides is 1. The second-order valence-corrected chi connectivity index (χ2v) is 2.92. The van der Waals surface area contributed by atoms with Gasteiger partial charge in [-0.3, -0.25) is 4.79 Å². The van der Waals surface area contributed by atoms with Gasteiger partial charge in [-0.05, 0) is 19.8 Å². The van der Waals surface area contributed by atoms with Gasteiger partial charge in [0.15, 0.2) is 0 Å². The fourth-order valence-corrected chi connectivity index (χ4v) is 0.841. The lowest BCUT2D eigenvalue weighted by Crippen LogP contribution is -2.35. The van der Waals surface area contributed by atoms with Crippen molar-refractivity contribution in [2.24, 2.45) is 5.92 Å². The van der Waals surface area contributed by atoms with Gasteiger partial charge in [0.2, 0.25) is 6.41 Å². The van der Waals surface area contributed by atoms with Crippen molar-refractivity contribution in [3.63, 3.8) is 0 Å². The van der Waals surface area contributed by atoms with E-state index in [4.69, 9.17) is 0 Å². The van der Waals surface area contributed by atoms with Gasteiger partial charge in [0.1, 0.15) is 0 Å². The van der Waals surface area contributed by atoms with Crippen LogP contribution in [0.15, 0.2) is 0 Å². The van der Waals surface area contributed by atoms with Gasteiger partial charge in [0.25, 0.3) is 0 Å². The van der Waals surface area contributed by atoms with Gasteiger partial charge < -0.3 is 4.90 Å². The normalized spacial score (nSPS) is 13.3. The van der Waals surface area contributed by atoms with E-state index in [-0.39, 0.29) is 0 Å². The number of hydrogen-bond acceptors (Lipinski definition) is 1. The molecule has 0 spiro atoms. The Morgan fingerprint density at radius 3 is 2.00 bits per heavy atom. The van der Waals surface area contributed by atoms with E-state index >= 15 is 0 Å². The molecule has 0 bridgehead atoms. The van der Waals surface area contributed by atoms with Crippen LogP contribution in [0.5, 0.6) is 0 Å². The summed E-state index contributed by atoms with van der Waals surface area (Å²) < 4.78 is 0. The van der Waals surface area contributed by atoms with Crippen LogP contribution in [0.4, 0.5) is 0 Å². The molecular weight excluding hydrogens is 126 g/mol. The Kier molecular flexibility index (Phi) is 4.08. The molecule has 0 rings (SSSR count). The van der Waals surface area contributed by atoms with Gasteiger partial charge in [0.05, 0.1) is 0 Å². The van der Waals surface area contributed by atoms with Crippen LogP contribution < -0.4 is 0 Å². The molecular formula is C8H17NO. The summed E-state index contributed by atoms with van der Waals surface area (Å²) in [7, 11) is 0. The highest BCUT2D eigenvalue weighted by molar-refractivity contribution is 5.47. The highest BCUT2D eigenvalue weighted by atomic mass is 16.1. The first-order valence-corrected chi connectivity index (χ1v) is 3.84. The van der Waals surface area contributed by atoms with Crippen molar-refractivity contribution in [2.75, 3.05) is 6.54 Å². The zero-order chi connectivity index (χ0) is 8.15. The van der Waals surface area contributed by atoms with Gasteiger partial charge in [-0.2, -0.15) is 0 Å². The lowest BCUT2D eigenvalue weighted by atomic mass is 10.1. The third-order valence-corrected chi connectivity index (χ3v) is 1.99. The van der Waals surface area contributed by atoms with Crippen LogP contribution in [0.2, 0.25) is 0 Å². The van der Waals surface area contributed by atoms with Gasteiger partial charge in [-0.1, -0.05) is 13.8 Å². The Labute approximate surface area is 63.2 Å². The minimum Gasteiger partial charge on any atom is -0.343 e. The van der Waals surface area contributed by atoms with Crippen molar-refractivity contribution in [1.29, 1.82) is 0 Å². The molecule has 0 fully saturated rings. The van der Waals surface area contributed by atoms with E-state index in [0.717, 1.165) is 13.0 Å². The standard InChI is InChI=1S/C8H17NO/c1-5-9(6-10)8(4)7(2)3/h6-8H,5H2,1-4H3. The third kappa shape index (κ3) is 2.38. The SMILES string of the molecule is CCN(C=O)C(C)C(C)C. The maximum atomic E-state index is 10.4. The molecule has 0 aliphatic heterocycles. The number of carbonyl (C=O) groups is 1. The van der Waals surface area contributed by atoms with E-state index in [0.29, 0.717) is 12.0 Å². The van der Waals surface area contributed by atoms with E-state index < -0.39 is 0 Å². The number of rotatable bonds is 4. The zero-order valence-electron chi connectivity index (χ0n) is 7.29. The molecule has 0 saturated heterocycles. The molecule has 0 aliphatic carbocycles. The summed E-state index contributed by atoms with van der Waals surface area (Å²) in [5, 5.41) is 0. The van der Waals surface area contributed by atoms with Crippen molar-refractivity contribution in [3.05, 3.63) is 0 Å². The molecule has 1 atom stereocenters. The van der Waals surface area contributed by atoms with Crippen LogP contribution in [-0.4, -0.2) is 23.9 Å². The Morgan fingerprint density at radius 2 is 1.90 bits per heavy atom. The van der Waals surface area contributed by atoms with Gasteiger partial charge >= 0.3 is 0 Å². The van der Waals surface area contributed by atoms with Crippen molar-refractivity contribution in [2.45, 2.75) is 33.7 Å². The molecule has 0 N–H and O–H groups in total. The van der Waals surface area contributed by atoms with Crippen LogP contribution in [0.1, 0.15) is 27.7 Å². The summed E-state index contributed by atoms with van der Waals surface area (Å²) in [6, 6.07) is 0.363. The molecule has 60 valence electrons. The Hall–Kier alpha value is -0.530. The molecule has 0 heterocycles. The van der Waals surface area contributed by atoms with Crippen molar-refractivity contribution in [3.8, 4) is 0 Å². The Balaban J connectivity index is 3.87. The average Bonchev–Trinajstić information content (AvgIpc) is 1.90. The topological polar surface area (TPSA) is 20.3 Å². The lowest BCUT2D eigenvalue weighted by molar-refractivity contribution is -0.120. The highest BCUT2D eigenvalue weighted by Gasteiger charge is 2.12. The minimum atomic E-state index is 0.363. The van der Waals surface area contributed by atoms with Crippen LogP contribution in [0.25, 0.3) is 0 Å². The molecule has 0 saturated carbocycles. The average molecular weight is 143 g/mol. The van der Waals surface area contributed by atoms with Crippen molar-refractivity contribution >= 4 is 6.41 Å². The quantitative estimate of drug-likeness (QED) is 0.546. The molecule has 0 aromatic heterocycles. The highest BCUT2D eigenvalue weighted by Crippen LogP contribution is 2.06. The summed E-state index contributed by atoms with van der Waals surface area (Å²) in [6.45, 7) is 9.12. The molecule has 1 amide bonds. The summed E-state index contributed by atoms with van der Waals surface area (Å²) >= 11 is 0. The predicted octanol–water partition coefficient (Wildman–Crippen LogP) is 1.51. The lowest BCUT2D eigenvalue weighted by Gasteiger charge is -2.26. The predicted molar refractivity (Wildman–Crippen MR) is 42.7 cm³/mol. The largest absolute Gasteiger partial charge is 0.343 e. The fourth-order valence-electron chi connectivity index (χ4n) is 0.841. The molecule has 2 heteroatoms. The molecule has 0 aromatic carbocycles. The summed E-state index contributed by atoms with van der Waals surface area (Å²) in [5.74, 6) is 0.546. The molecule has 0 aromatic rings. The zero-order valence-corrected chi connectivity index (χ0v) is 7.29. The van der Waals surface area contributed by atoms with Gasteiger partial charge in [-0.25, -0.2) is 0 Å². The Bertz CT molecular complexity index is 101. The molecule has 2 nitrogen and oxygen atoms in total. The van der Waals surface area contributed by atoms with E-state index in [1.54, 1.807) is 0 Å². The van der Waals surface area contributed by atoms with Crippen LogP contribution in [0.3, 0.4) is 0 Å². The first-order chi connectivity index (χ1) is 4.63. The monoisotopic (exact) mass is 143 g/mol. The number of carbonyl (C=O) groups excluding carboxylic acids is 1. The first-order valence-electron chi connectivity index (χ1n) is 3.84. The Morgan fingerprint density at radius 1 is 1.40 bits per heavy atom. The molecule has 0 radical (unpaired) electrons. The van der Waals surface area contributed by atoms with E-state index in [1.807, 2.05) is 11.8 Å². The maximum absolute atomic E-state index is 10.4. The third-order valence-electron chi connectivity index (χ3n) is 1.99. The van der Waals surface area contributed by atoms with Gasteiger partial charge in [-0.15, -0.1) is 0 Å². The number of nitrogens with zero attached hydrogens (tertiary/aromatic N) is 1. The summed E-state index contributed by atoms with van der Waals surface area (Å²) in [6.07, 6.45) is 0.921. The van der Waals surface area contributed by atoms with Crippen LogP contribution in [0, 0.1) is 5.92 Å². The molecule has 0 aliphatic rings. The van der Waals surface area contributed by atoms with E-state index in [2.05, 4.69) is 20.8 Å². The second-order valence-electron chi connectivity index (χ2n) is 2.92. The summed E-state index contributed by atoms with van der Waals surface area (Å²) in [4.78, 5) is 12.2. The van der Waals surface area contributed by atoms with Crippen LogP contribution >= 0.6 is 0 Å². The number of hydrogen-bond donors (Lipinski definition) is 0. The van der Waals surface area contributed by atoms with Crippen molar-refractivity contribution in [1.82, 2.24) is 4.90 Å². The summed E-state index contributed by atoms with van der Waals surface area (Å²) in [5.41, 5.74) is 0.